The van der Waals surface area contributed by atoms with Gasteiger partial charge in [-0.25, -0.2) is 0 Å². The van der Waals surface area contributed by atoms with Crippen LogP contribution in [0.5, 0.6) is 5.75 Å². The van der Waals surface area contributed by atoms with Crippen molar-refractivity contribution in [2.75, 3.05) is 0 Å². The van der Waals surface area contributed by atoms with E-state index in [1.807, 2.05) is 0 Å². The van der Waals surface area contributed by atoms with Gasteiger partial charge in [0, 0.05) is 11.1 Å². The molecule has 5 nitrogen and oxygen atoms in total. The van der Waals surface area contributed by atoms with Crippen molar-refractivity contribution >= 4 is 11.5 Å². The van der Waals surface area contributed by atoms with Gasteiger partial charge < -0.3 is 20.4 Å². The summed E-state index contributed by atoms with van der Waals surface area (Å²) in [5.41, 5.74) is -1.29. The number of phenolic OH excluding ortho intramolecular Hbond substituents is 1. The fourth-order valence-electron chi connectivity index (χ4n) is 2.19. The number of aliphatic hydroxyl groups is 3. The Labute approximate surface area is 116 Å². The summed E-state index contributed by atoms with van der Waals surface area (Å²) in [5.74, 6) is -0.776. The Morgan fingerprint density at radius 3 is 2.35 bits per heavy atom. The molecule has 0 radical (unpaired) electrons. The largest absolute Gasteiger partial charge is 0.508 e. The first kappa shape index (κ1) is 14.3. The van der Waals surface area contributed by atoms with E-state index in [2.05, 4.69) is 0 Å². The predicted molar refractivity (Wildman–Crippen MR) is 73.1 cm³/mol. The summed E-state index contributed by atoms with van der Waals surface area (Å²) in [6.07, 6.45) is -0.167. The summed E-state index contributed by atoms with van der Waals surface area (Å²) in [5, 5.41) is 39.6. The Bertz CT molecular complexity index is 608. The van der Waals surface area contributed by atoms with Crippen molar-refractivity contribution in [2.24, 2.45) is 0 Å². The van der Waals surface area contributed by atoms with Crippen molar-refractivity contribution in [3.63, 3.8) is 0 Å². The highest BCUT2D eigenvalue weighted by Gasteiger charge is 2.44. The van der Waals surface area contributed by atoms with Crippen LogP contribution in [0, 0.1) is 0 Å². The second-order valence-electron chi connectivity index (χ2n) is 5.06. The fourth-order valence-corrected chi connectivity index (χ4v) is 2.19. The summed E-state index contributed by atoms with van der Waals surface area (Å²) in [6.45, 7) is 2.72. The lowest BCUT2D eigenvalue weighted by molar-refractivity contribution is -0.141. The van der Waals surface area contributed by atoms with Crippen LogP contribution in [0.2, 0.25) is 0 Å². The molecule has 2 unspecified atom stereocenters. The number of rotatable bonds is 1. The molecule has 0 saturated heterocycles. The normalized spacial score (nSPS) is 29.1. The first-order chi connectivity index (χ1) is 9.25. The average Bonchev–Trinajstić information content (AvgIpc) is 2.41. The second-order valence-corrected chi connectivity index (χ2v) is 5.06. The topological polar surface area (TPSA) is 98.0 Å². The van der Waals surface area contributed by atoms with Crippen LogP contribution in [-0.2, 0) is 4.79 Å². The first-order valence-electron chi connectivity index (χ1n) is 6.11. The Morgan fingerprint density at radius 2 is 1.80 bits per heavy atom. The van der Waals surface area contributed by atoms with Gasteiger partial charge >= 0.3 is 0 Å². The molecule has 106 valence electrons. The standard InChI is InChI=1S/C15H16O5/c1-8-7-11(14(19)15(2,20)13(8)18)12(17)9-3-5-10(16)6-4-9/h3-7,14,16-17,19-20H,1-2H3. The quantitative estimate of drug-likeness (QED) is 0.580. The van der Waals surface area contributed by atoms with Crippen molar-refractivity contribution in [1.29, 1.82) is 0 Å². The maximum atomic E-state index is 11.8. The number of carbonyl (C=O) groups is 1. The van der Waals surface area contributed by atoms with Crippen LogP contribution in [0.3, 0.4) is 0 Å². The molecule has 1 aromatic rings. The molecular formula is C15H16O5. The lowest BCUT2D eigenvalue weighted by Crippen LogP contribution is -2.50. The number of hydrogen-bond donors (Lipinski definition) is 4. The second kappa shape index (κ2) is 4.77. The minimum absolute atomic E-state index is 0.0460. The molecular weight excluding hydrogens is 260 g/mol. The molecule has 2 rings (SSSR count). The molecule has 1 aromatic carbocycles. The van der Waals surface area contributed by atoms with E-state index in [0.717, 1.165) is 0 Å². The van der Waals surface area contributed by atoms with Gasteiger partial charge in [0.05, 0.1) is 0 Å². The third-order valence-corrected chi connectivity index (χ3v) is 3.43. The highest BCUT2D eigenvalue weighted by Crippen LogP contribution is 2.33. The van der Waals surface area contributed by atoms with Gasteiger partial charge in [0.2, 0.25) is 0 Å². The van der Waals surface area contributed by atoms with E-state index in [1.54, 1.807) is 0 Å². The highest BCUT2D eigenvalue weighted by atomic mass is 16.4. The molecule has 2 atom stereocenters. The minimum atomic E-state index is -1.97. The van der Waals surface area contributed by atoms with Crippen molar-refractivity contribution in [1.82, 2.24) is 0 Å². The van der Waals surface area contributed by atoms with Crippen LogP contribution in [0.1, 0.15) is 19.4 Å². The fraction of sp³-hybridized carbons (Fsp3) is 0.267. The van der Waals surface area contributed by atoms with Crippen LogP contribution >= 0.6 is 0 Å². The van der Waals surface area contributed by atoms with Crippen LogP contribution in [0.25, 0.3) is 5.76 Å². The van der Waals surface area contributed by atoms with Gasteiger partial charge in [0.15, 0.2) is 11.4 Å². The Balaban J connectivity index is 2.57. The first-order valence-corrected chi connectivity index (χ1v) is 6.11. The van der Waals surface area contributed by atoms with Gasteiger partial charge in [0.1, 0.15) is 17.6 Å². The number of aromatic hydroxyl groups is 1. The lowest BCUT2D eigenvalue weighted by atomic mass is 9.79. The maximum absolute atomic E-state index is 11.8. The Kier molecular flexibility index (Phi) is 3.41. The van der Waals surface area contributed by atoms with E-state index in [1.165, 1.54) is 44.2 Å². The van der Waals surface area contributed by atoms with Crippen molar-refractivity contribution in [2.45, 2.75) is 25.6 Å². The molecule has 0 fully saturated rings. The molecule has 0 saturated carbocycles. The molecule has 5 heteroatoms. The summed E-state index contributed by atoms with van der Waals surface area (Å²) in [7, 11) is 0. The van der Waals surface area contributed by atoms with E-state index < -0.39 is 17.5 Å². The van der Waals surface area contributed by atoms with Gasteiger partial charge in [0.25, 0.3) is 0 Å². The van der Waals surface area contributed by atoms with Crippen LogP contribution < -0.4 is 0 Å². The van der Waals surface area contributed by atoms with Crippen LogP contribution in [-0.4, -0.2) is 37.9 Å². The average molecular weight is 276 g/mol. The molecule has 0 amide bonds. The molecule has 0 spiro atoms. The minimum Gasteiger partial charge on any atom is -0.508 e. The van der Waals surface area contributed by atoms with E-state index >= 15 is 0 Å². The number of hydrogen-bond acceptors (Lipinski definition) is 5. The van der Waals surface area contributed by atoms with Crippen molar-refractivity contribution in [3.05, 3.63) is 47.1 Å². The zero-order chi connectivity index (χ0) is 15.1. The monoisotopic (exact) mass is 276 g/mol. The molecule has 0 aromatic heterocycles. The van der Waals surface area contributed by atoms with E-state index in [-0.39, 0.29) is 22.7 Å². The van der Waals surface area contributed by atoms with Gasteiger partial charge in [-0.15, -0.1) is 0 Å². The molecule has 0 heterocycles. The molecule has 20 heavy (non-hydrogen) atoms. The number of carbonyl (C=O) groups excluding carboxylic acids is 1. The SMILES string of the molecule is CC1=CC(=C(O)c2ccc(O)cc2)C(O)C(C)(O)C1=O. The summed E-state index contributed by atoms with van der Waals surface area (Å²) in [4.78, 5) is 11.8. The maximum Gasteiger partial charge on any atom is 0.192 e. The molecule has 1 aliphatic carbocycles. The van der Waals surface area contributed by atoms with Gasteiger partial charge in [-0.1, -0.05) is 0 Å². The predicted octanol–water partition coefficient (Wildman–Crippen LogP) is 1.30. The van der Waals surface area contributed by atoms with E-state index in [0.29, 0.717) is 5.56 Å². The zero-order valence-electron chi connectivity index (χ0n) is 11.2. The molecule has 0 bridgehead atoms. The van der Waals surface area contributed by atoms with Gasteiger partial charge in [-0.3, -0.25) is 4.79 Å². The van der Waals surface area contributed by atoms with Crippen molar-refractivity contribution < 1.29 is 25.2 Å². The van der Waals surface area contributed by atoms with Gasteiger partial charge in [-0.2, -0.15) is 0 Å². The summed E-state index contributed by atoms with van der Waals surface area (Å²) >= 11 is 0. The third-order valence-electron chi connectivity index (χ3n) is 3.43. The van der Waals surface area contributed by atoms with Crippen molar-refractivity contribution in [3.8, 4) is 5.75 Å². The van der Waals surface area contributed by atoms with Gasteiger partial charge in [-0.05, 0) is 49.8 Å². The molecule has 1 aliphatic rings. The number of phenols is 1. The molecule has 0 aliphatic heterocycles. The number of aliphatic hydroxyl groups excluding tert-OH is 2. The van der Waals surface area contributed by atoms with E-state index in [9.17, 15) is 25.2 Å². The number of ketones is 1. The summed E-state index contributed by atoms with van der Waals surface area (Å²) < 4.78 is 0. The highest BCUT2D eigenvalue weighted by molar-refractivity contribution is 6.04. The number of Topliss-reactive ketones (excluding diaryl/α,β-unsaturated/α-hetero) is 1. The Hall–Kier alpha value is -2.11. The molecule has 4 N–H and O–H groups in total. The summed E-state index contributed by atoms with van der Waals surface area (Å²) in [6, 6.07) is 5.72. The lowest BCUT2D eigenvalue weighted by Gasteiger charge is -2.33. The smallest absolute Gasteiger partial charge is 0.192 e. The zero-order valence-corrected chi connectivity index (χ0v) is 11.2. The van der Waals surface area contributed by atoms with Crippen LogP contribution in [0.4, 0.5) is 0 Å². The third kappa shape index (κ3) is 2.21. The Morgan fingerprint density at radius 1 is 1.25 bits per heavy atom. The number of benzene rings is 1. The van der Waals surface area contributed by atoms with E-state index in [4.69, 9.17) is 0 Å². The van der Waals surface area contributed by atoms with Crippen LogP contribution in [0.15, 0.2) is 41.5 Å².